The van der Waals surface area contributed by atoms with Crippen molar-refractivity contribution in [1.82, 2.24) is 14.8 Å². The molecular weight excluding hydrogens is 380 g/mol. The molecule has 0 fully saturated rings. The lowest BCUT2D eigenvalue weighted by Gasteiger charge is -2.32. The van der Waals surface area contributed by atoms with Crippen LogP contribution in [0.1, 0.15) is 37.8 Å². The molecule has 152 valence electrons. The summed E-state index contributed by atoms with van der Waals surface area (Å²) in [5.41, 5.74) is 3.35. The Kier molecular flexibility index (Phi) is 4.50. The van der Waals surface area contributed by atoms with Crippen LogP contribution < -0.4 is 10.1 Å². The first-order chi connectivity index (χ1) is 14.7. The molecule has 2 N–H and O–H groups in total. The average Bonchev–Trinajstić information content (AvgIpc) is 3.19. The second-order valence-corrected chi connectivity index (χ2v) is 7.43. The van der Waals surface area contributed by atoms with Crippen molar-refractivity contribution in [3.8, 4) is 22.9 Å². The topological polar surface area (TPSA) is 89.3 Å². The lowest BCUT2D eigenvalue weighted by molar-refractivity contribution is -0.116. The van der Waals surface area contributed by atoms with Gasteiger partial charge in [-0.25, -0.2) is 4.68 Å². The summed E-state index contributed by atoms with van der Waals surface area (Å²) in [5.74, 6) is 1.78. The van der Waals surface area contributed by atoms with E-state index >= 15 is 0 Å². The summed E-state index contributed by atoms with van der Waals surface area (Å²) in [6.45, 7) is 2.30. The second-order valence-electron chi connectivity index (χ2n) is 7.43. The Bertz CT molecular complexity index is 1150. The SMILES string of the molecule is CCOc1cc(C2C3=C(CCCC3=O)Nc3nc(-c4ccccc4)nn32)ccc1O. The fourth-order valence-corrected chi connectivity index (χ4v) is 4.15. The molecule has 1 aromatic heterocycles. The van der Waals surface area contributed by atoms with Gasteiger partial charge in [-0.05, 0) is 37.5 Å². The number of anilines is 1. The van der Waals surface area contributed by atoms with Crippen LogP contribution in [0.2, 0.25) is 0 Å². The third kappa shape index (κ3) is 3.03. The van der Waals surface area contributed by atoms with Crippen molar-refractivity contribution < 1.29 is 14.6 Å². The Morgan fingerprint density at radius 2 is 2.03 bits per heavy atom. The highest BCUT2D eigenvalue weighted by Gasteiger charge is 2.37. The van der Waals surface area contributed by atoms with Gasteiger partial charge in [0.15, 0.2) is 23.1 Å². The number of ether oxygens (including phenoxy) is 1. The van der Waals surface area contributed by atoms with E-state index in [1.54, 1.807) is 16.8 Å². The minimum absolute atomic E-state index is 0.0718. The van der Waals surface area contributed by atoms with Crippen molar-refractivity contribution in [3.63, 3.8) is 0 Å². The van der Waals surface area contributed by atoms with Gasteiger partial charge in [-0.2, -0.15) is 4.98 Å². The molecule has 0 bridgehead atoms. The van der Waals surface area contributed by atoms with E-state index in [4.69, 9.17) is 14.8 Å². The molecule has 7 heteroatoms. The molecule has 2 aromatic carbocycles. The van der Waals surface area contributed by atoms with Gasteiger partial charge in [-0.1, -0.05) is 36.4 Å². The van der Waals surface area contributed by atoms with E-state index in [9.17, 15) is 9.90 Å². The van der Waals surface area contributed by atoms with Gasteiger partial charge in [0.25, 0.3) is 0 Å². The number of phenolic OH excluding ortho intramolecular Hbond substituents is 1. The number of fused-ring (bicyclic) bond motifs is 1. The number of rotatable bonds is 4. The van der Waals surface area contributed by atoms with Crippen LogP contribution in [-0.4, -0.2) is 32.3 Å². The Morgan fingerprint density at radius 3 is 2.83 bits per heavy atom. The van der Waals surface area contributed by atoms with E-state index in [-0.39, 0.29) is 11.5 Å². The number of benzene rings is 2. The molecule has 0 radical (unpaired) electrons. The zero-order chi connectivity index (χ0) is 20.7. The van der Waals surface area contributed by atoms with Crippen molar-refractivity contribution in [2.75, 3.05) is 11.9 Å². The molecule has 1 unspecified atom stereocenters. The van der Waals surface area contributed by atoms with Crippen molar-refractivity contribution in [3.05, 3.63) is 65.4 Å². The molecule has 5 rings (SSSR count). The minimum Gasteiger partial charge on any atom is -0.504 e. The highest BCUT2D eigenvalue weighted by atomic mass is 16.5. The monoisotopic (exact) mass is 402 g/mol. The van der Waals surface area contributed by atoms with E-state index in [0.29, 0.717) is 36.1 Å². The molecular formula is C23H22N4O3. The largest absolute Gasteiger partial charge is 0.504 e. The van der Waals surface area contributed by atoms with Crippen LogP contribution in [-0.2, 0) is 4.79 Å². The van der Waals surface area contributed by atoms with E-state index in [0.717, 1.165) is 29.7 Å². The van der Waals surface area contributed by atoms with Crippen molar-refractivity contribution in [2.24, 2.45) is 0 Å². The van der Waals surface area contributed by atoms with Crippen LogP contribution >= 0.6 is 0 Å². The van der Waals surface area contributed by atoms with Gasteiger partial charge in [0, 0.05) is 23.3 Å². The fourth-order valence-electron chi connectivity index (χ4n) is 4.15. The number of aromatic nitrogens is 3. The molecule has 0 amide bonds. The summed E-state index contributed by atoms with van der Waals surface area (Å²) >= 11 is 0. The summed E-state index contributed by atoms with van der Waals surface area (Å²) in [6.07, 6.45) is 2.13. The summed E-state index contributed by atoms with van der Waals surface area (Å²) < 4.78 is 7.35. The van der Waals surface area contributed by atoms with Crippen molar-refractivity contribution in [1.29, 1.82) is 0 Å². The first-order valence-corrected chi connectivity index (χ1v) is 10.2. The maximum atomic E-state index is 12.9. The summed E-state index contributed by atoms with van der Waals surface area (Å²) in [5, 5.41) is 18.2. The van der Waals surface area contributed by atoms with Gasteiger partial charge in [0.1, 0.15) is 6.04 Å². The number of hydrogen-bond donors (Lipinski definition) is 2. The van der Waals surface area contributed by atoms with Crippen LogP contribution in [0.3, 0.4) is 0 Å². The Hall–Kier alpha value is -3.61. The van der Waals surface area contributed by atoms with Gasteiger partial charge in [0.2, 0.25) is 5.95 Å². The van der Waals surface area contributed by atoms with Crippen LogP contribution in [0, 0.1) is 0 Å². The number of phenols is 1. The summed E-state index contributed by atoms with van der Waals surface area (Å²) in [4.78, 5) is 17.6. The van der Waals surface area contributed by atoms with E-state index < -0.39 is 6.04 Å². The quantitative estimate of drug-likeness (QED) is 0.684. The maximum Gasteiger partial charge on any atom is 0.226 e. The molecule has 1 atom stereocenters. The highest BCUT2D eigenvalue weighted by Crippen LogP contribution is 2.42. The predicted octanol–water partition coefficient (Wildman–Crippen LogP) is 4.07. The van der Waals surface area contributed by atoms with E-state index in [1.165, 1.54) is 0 Å². The standard InChI is InChI=1S/C23H22N4O3/c1-2-30-19-13-15(11-12-17(19)28)21-20-16(9-6-10-18(20)29)24-23-25-22(26-27(21)23)14-7-4-3-5-8-14/h3-5,7-8,11-13,21,28H,2,6,9-10H2,1H3,(H,24,25,26). The van der Waals surface area contributed by atoms with E-state index in [2.05, 4.69) is 5.32 Å². The summed E-state index contributed by atoms with van der Waals surface area (Å²) in [6, 6.07) is 14.5. The van der Waals surface area contributed by atoms with E-state index in [1.807, 2.05) is 43.3 Å². The molecule has 0 spiro atoms. The summed E-state index contributed by atoms with van der Waals surface area (Å²) in [7, 11) is 0. The lowest BCUT2D eigenvalue weighted by Crippen LogP contribution is -2.31. The first-order valence-electron chi connectivity index (χ1n) is 10.2. The molecule has 2 heterocycles. The maximum absolute atomic E-state index is 12.9. The van der Waals surface area contributed by atoms with Gasteiger partial charge < -0.3 is 15.2 Å². The Balaban J connectivity index is 1.67. The fraction of sp³-hybridized carbons (Fsp3) is 0.261. The first kappa shape index (κ1) is 18.4. The van der Waals surface area contributed by atoms with Crippen LogP contribution in [0.15, 0.2) is 59.8 Å². The van der Waals surface area contributed by atoms with Crippen LogP contribution in [0.5, 0.6) is 11.5 Å². The molecule has 0 saturated heterocycles. The van der Waals surface area contributed by atoms with Crippen LogP contribution in [0.4, 0.5) is 5.95 Å². The number of nitrogens with one attached hydrogen (secondary N) is 1. The van der Waals surface area contributed by atoms with Gasteiger partial charge in [-0.3, -0.25) is 4.79 Å². The Morgan fingerprint density at radius 1 is 1.20 bits per heavy atom. The van der Waals surface area contributed by atoms with Gasteiger partial charge in [-0.15, -0.1) is 5.10 Å². The lowest BCUT2D eigenvalue weighted by atomic mass is 9.85. The smallest absolute Gasteiger partial charge is 0.226 e. The highest BCUT2D eigenvalue weighted by molar-refractivity contribution is 5.99. The number of Topliss-reactive ketones (excluding diaryl/α,β-unsaturated/α-hetero) is 1. The molecule has 1 aliphatic carbocycles. The number of nitrogens with zero attached hydrogens (tertiary/aromatic N) is 3. The number of ketones is 1. The number of carbonyl (C=O) groups is 1. The molecule has 0 saturated carbocycles. The van der Waals surface area contributed by atoms with Crippen LogP contribution in [0.25, 0.3) is 11.4 Å². The average molecular weight is 402 g/mol. The number of carbonyl (C=O) groups excluding carboxylic acids is 1. The molecule has 2 aliphatic rings. The molecule has 7 nitrogen and oxygen atoms in total. The molecule has 30 heavy (non-hydrogen) atoms. The predicted molar refractivity (Wildman–Crippen MR) is 112 cm³/mol. The normalized spacial score (nSPS) is 17.9. The van der Waals surface area contributed by atoms with Gasteiger partial charge in [0.05, 0.1) is 6.61 Å². The second kappa shape index (κ2) is 7.33. The minimum atomic E-state index is -0.422. The number of aromatic hydroxyl groups is 1. The Labute approximate surface area is 174 Å². The number of hydrogen-bond acceptors (Lipinski definition) is 6. The zero-order valence-electron chi connectivity index (χ0n) is 16.6. The van der Waals surface area contributed by atoms with Gasteiger partial charge >= 0.3 is 0 Å². The third-order valence-corrected chi connectivity index (χ3v) is 5.50. The molecule has 3 aromatic rings. The zero-order valence-corrected chi connectivity index (χ0v) is 16.6. The number of allylic oxidation sites excluding steroid dienone is 2. The molecule has 1 aliphatic heterocycles. The third-order valence-electron chi connectivity index (χ3n) is 5.50. The van der Waals surface area contributed by atoms with Crippen molar-refractivity contribution in [2.45, 2.75) is 32.2 Å². The van der Waals surface area contributed by atoms with Crippen molar-refractivity contribution >= 4 is 11.7 Å².